The summed E-state index contributed by atoms with van der Waals surface area (Å²) in [6, 6.07) is 15.1. The second-order valence-electron chi connectivity index (χ2n) is 7.25. The quantitative estimate of drug-likeness (QED) is 0.498. The molecule has 0 spiro atoms. The monoisotopic (exact) mass is 476 g/mol. The van der Waals surface area contributed by atoms with E-state index in [2.05, 4.69) is 15.5 Å². The highest BCUT2D eigenvalue weighted by Gasteiger charge is 2.29. The highest BCUT2D eigenvalue weighted by molar-refractivity contribution is 7.99. The van der Waals surface area contributed by atoms with Crippen LogP contribution >= 0.6 is 11.8 Å². The number of hydrogen-bond acceptors (Lipinski definition) is 7. The number of aromatic nitrogens is 3. The van der Waals surface area contributed by atoms with Crippen LogP contribution in [0.3, 0.4) is 0 Å². The van der Waals surface area contributed by atoms with Crippen LogP contribution in [0.4, 0.5) is 4.39 Å². The summed E-state index contributed by atoms with van der Waals surface area (Å²) in [4.78, 5) is 12.3. The molecule has 168 valence electrons. The van der Waals surface area contributed by atoms with Crippen molar-refractivity contribution in [1.82, 2.24) is 20.1 Å². The number of amides is 1. The number of para-hydroxylation sites is 2. The Balaban J connectivity index is 1.47. The molecule has 1 atom stereocenters. The van der Waals surface area contributed by atoms with Gasteiger partial charge in [-0.25, -0.2) is 12.8 Å². The SMILES string of the molecule is O=C(CSc1nnc(COc2ccccc2F)n1-c1ccccc1)N[C@@H]1CCS(=O)(=O)C1. The molecule has 1 N–H and O–H groups in total. The number of benzene rings is 2. The summed E-state index contributed by atoms with van der Waals surface area (Å²) in [5.74, 6) is -0.0721. The van der Waals surface area contributed by atoms with E-state index in [9.17, 15) is 17.6 Å². The van der Waals surface area contributed by atoms with E-state index in [1.807, 2.05) is 30.3 Å². The van der Waals surface area contributed by atoms with Crippen LogP contribution in [0.25, 0.3) is 5.69 Å². The molecule has 0 bridgehead atoms. The molecule has 2 aromatic carbocycles. The first-order valence-electron chi connectivity index (χ1n) is 9.91. The summed E-state index contributed by atoms with van der Waals surface area (Å²) < 4.78 is 44.4. The number of hydrogen-bond donors (Lipinski definition) is 1. The van der Waals surface area contributed by atoms with Gasteiger partial charge in [-0.2, -0.15) is 0 Å². The van der Waals surface area contributed by atoms with Gasteiger partial charge >= 0.3 is 0 Å². The lowest BCUT2D eigenvalue weighted by molar-refractivity contribution is -0.119. The van der Waals surface area contributed by atoms with E-state index in [0.717, 1.165) is 5.69 Å². The number of nitrogens with zero attached hydrogens (tertiary/aromatic N) is 3. The van der Waals surface area contributed by atoms with Crippen molar-refractivity contribution < 1.29 is 22.3 Å². The maximum absolute atomic E-state index is 13.9. The summed E-state index contributed by atoms with van der Waals surface area (Å²) in [7, 11) is -3.07. The Morgan fingerprint density at radius 2 is 1.91 bits per heavy atom. The van der Waals surface area contributed by atoms with Gasteiger partial charge in [0, 0.05) is 11.7 Å². The van der Waals surface area contributed by atoms with Gasteiger partial charge in [-0.15, -0.1) is 10.2 Å². The fourth-order valence-corrected chi connectivity index (χ4v) is 5.79. The first kappa shape index (κ1) is 22.3. The number of ether oxygens (including phenoxy) is 1. The Bertz CT molecular complexity index is 1200. The van der Waals surface area contributed by atoms with Gasteiger partial charge in [0.2, 0.25) is 5.91 Å². The normalized spacial score (nSPS) is 17.2. The van der Waals surface area contributed by atoms with Crippen LogP contribution in [0.15, 0.2) is 59.8 Å². The second-order valence-corrected chi connectivity index (χ2v) is 10.4. The summed E-state index contributed by atoms with van der Waals surface area (Å²) in [6.07, 6.45) is 0.427. The van der Waals surface area contributed by atoms with E-state index < -0.39 is 15.7 Å². The zero-order valence-corrected chi connectivity index (χ0v) is 18.6. The van der Waals surface area contributed by atoms with E-state index in [4.69, 9.17) is 4.74 Å². The molecule has 0 unspecified atom stereocenters. The summed E-state index contributed by atoms with van der Waals surface area (Å²) in [5, 5.41) is 11.6. The molecule has 32 heavy (non-hydrogen) atoms. The average Bonchev–Trinajstić information content (AvgIpc) is 3.34. The third-order valence-corrected chi connectivity index (χ3v) is 7.54. The van der Waals surface area contributed by atoms with Crippen molar-refractivity contribution in [2.24, 2.45) is 0 Å². The van der Waals surface area contributed by atoms with Crippen LogP contribution in [-0.2, 0) is 21.2 Å². The van der Waals surface area contributed by atoms with Crippen LogP contribution in [0.5, 0.6) is 5.75 Å². The minimum Gasteiger partial charge on any atom is -0.483 e. The predicted molar refractivity (Wildman–Crippen MR) is 118 cm³/mol. The lowest BCUT2D eigenvalue weighted by Crippen LogP contribution is -2.36. The van der Waals surface area contributed by atoms with Gasteiger partial charge in [0.05, 0.1) is 17.3 Å². The van der Waals surface area contributed by atoms with E-state index in [1.54, 1.807) is 16.7 Å². The van der Waals surface area contributed by atoms with Crippen molar-refractivity contribution >= 4 is 27.5 Å². The van der Waals surface area contributed by atoms with Gasteiger partial charge in [0.25, 0.3) is 0 Å². The lowest BCUT2D eigenvalue weighted by atomic mass is 10.3. The number of rotatable bonds is 8. The van der Waals surface area contributed by atoms with Crippen molar-refractivity contribution in [2.45, 2.75) is 24.2 Å². The maximum atomic E-state index is 13.9. The van der Waals surface area contributed by atoms with Crippen LogP contribution in [-0.4, -0.2) is 52.4 Å². The summed E-state index contributed by atoms with van der Waals surface area (Å²) in [6.45, 7) is -0.0183. The summed E-state index contributed by atoms with van der Waals surface area (Å²) >= 11 is 1.18. The van der Waals surface area contributed by atoms with Crippen LogP contribution in [0.1, 0.15) is 12.2 Å². The minimum atomic E-state index is -3.07. The number of carbonyl (C=O) groups is 1. The third kappa shape index (κ3) is 5.46. The number of carbonyl (C=O) groups excluding carboxylic acids is 1. The Labute approximate surface area is 189 Å². The number of nitrogens with one attached hydrogen (secondary N) is 1. The first-order valence-corrected chi connectivity index (χ1v) is 12.7. The fraction of sp³-hybridized carbons (Fsp3) is 0.286. The average molecular weight is 477 g/mol. The summed E-state index contributed by atoms with van der Waals surface area (Å²) in [5.41, 5.74) is 0.773. The number of sulfone groups is 1. The Morgan fingerprint density at radius 3 is 2.62 bits per heavy atom. The molecule has 4 rings (SSSR count). The van der Waals surface area contributed by atoms with Gasteiger partial charge < -0.3 is 10.1 Å². The van der Waals surface area contributed by atoms with Gasteiger partial charge in [0.1, 0.15) is 6.61 Å². The molecule has 1 aromatic heterocycles. The molecule has 0 aliphatic carbocycles. The van der Waals surface area contributed by atoms with Crippen LogP contribution in [0.2, 0.25) is 0 Å². The zero-order valence-electron chi connectivity index (χ0n) is 17.0. The highest BCUT2D eigenvalue weighted by Crippen LogP contribution is 2.24. The first-order chi connectivity index (χ1) is 15.4. The van der Waals surface area contributed by atoms with Gasteiger partial charge in [-0.3, -0.25) is 9.36 Å². The van der Waals surface area contributed by atoms with E-state index >= 15 is 0 Å². The van der Waals surface area contributed by atoms with E-state index in [1.165, 1.54) is 23.9 Å². The molecule has 3 aromatic rings. The molecular weight excluding hydrogens is 455 g/mol. The molecule has 0 radical (unpaired) electrons. The molecule has 1 fully saturated rings. The standard InChI is InChI=1S/C21H21FN4O4S2/c22-17-8-4-5-9-18(17)30-12-19-24-25-21(26(19)16-6-2-1-3-7-16)31-13-20(27)23-15-10-11-32(28,29)14-15/h1-9,15H,10-14H2,(H,23,27)/t15-/m1/s1. The van der Waals surface area contributed by atoms with Gasteiger partial charge in [-0.1, -0.05) is 42.1 Å². The molecule has 0 saturated carbocycles. The van der Waals surface area contributed by atoms with E-state index in [-0.39, 0.29) is 41.6 Å². The molecule has 2 heterocycles. The highest BCUT2D eigenvalue weighted by atomic mass is 32.2. The maximum Gasteiger partial charge on any atom is 0.230 e. The van der Waals surface area contributed by atoms with Crippen molar-refractivity contribution in [1.29, 1.82) is 0 Å². The Morgan fingerprint density at radius 1 is 1.16 bits per heavy atom. The Kier molecular flexibility index (Phi) is 6.75. The molecule has 1 saturated heterocycles. The van der Waals surface area contributed by atoms with Crippen LogP contribution in [0, 0.1) is 5.82 Å². The number of thioether (sulfide) groups is 1. The number of halogens is 1. The third-order valence-electron chi connectivity index (χ3n) is 4.84. The van der Waals surface area contributed by atoms with Crippen molar-refractivity contribution in [3.8, 4) is 11.4 Å². The van der Waals surface area contributed by atoms with Gasteiger partial charge in [0.15, 0.2) is 32.4 Å². The van der Waals surface area contributed by atoms with Crippen LogP contribution < -0.4 is 10.1 Å². The van der Waals surface area contributed by atoms with Gasteiger partial charge in [-0.05, 0) is 30.7 Å². The fourth-order valence-electron chi connectivity index (χ4n) is 3.34. The molecule has 1 aliphatic rings. The predicted octanol–water partition coefficient (Wildman–Crippen LogP) is 2.38. The second kappa shape index (κ2) is 9.70. The smallest absolute Gasteiger partial charge is 0.230 e. The molecule has 8 nitrogen and oxygen atoms in total. The molecule has 1 aliphatic heterocycles. The van der Waals surface area contributed by atoms with Crippen molar-refractivity contribution in [3.05, 3.63) is 66.2 Å². The lowest BCUT2D eigenvalue weighted by Gasteiger charge is -2.12. The topological polar surface area (TPSA) is 103 Å². The molecule has 11 heteroatoms. The molecule has 1 amide bonds. The minimum absolute atomic E-state index is 0.0183. The zero-order chi connectivity index (χ0) is 22.6. The molecular formula is C21H21FN4O4S2. The Hall–Kier alpha value is -2.92. The largest absolute Gasteiger partial charge is 0.483 e. The van der Waals surface area contributed by atoms with E-state index in [0.29, 0.717) is 17.4 Å². The van der Waals surface area contributed by atoms with Crippen molar-refractivity contribution in [3.63, 3.8) is 0 Å². The van der Waals surface area contributed by atoms with Crippen molar-refractivity contribution in [2.75, 3.05) is 17.3 Å².